The summed E-state index contributed by atoms with van der Waals surface area (Å²) < 4.78 is 42.0. The van der Waals surface area contributed by atoms with Crippen molar-refractivity contribution in [3.63, 3.8) is 0 Å². The number of rotatable bonds is 5. The average molecular weight is 441 g/mol. The lowest BCUT2D eigenvalue weighted by atomic mass is 9.62. The van der Waals surface area contributed by atoms with Crippen molar-refractivity contribution in [2.75, 3.05) is 6.54 Å². The molecule has 1 aromatic heterocycles. The van der Waals surface area contributed by atoms with E-state index in [0.717, 1.165) is 6.07 Å². The number of aromatic nitrogens is 1. The van der Waals surface area contributed by atoms with Gasteiger partial charge in [0.2, 0.25) is 11.8 Å². The lowest BCUT2D eigenvalue weighted by Gasteiger charge is -2.23. The molecule has 1 saturated heterocycles. The summed E-state index contributed by atoms with van der Waals surface area (Å²) in [4.78, 5) is 27.7. The minimum atomic E-state index is -1.06. The van der Waals surface area contributed by atoms with Crippen LogP contribution in [0.1, 0.15) is 11.4 Å². The van der Waals surface area contributed by atoms with E-state index in [1.807, 2.05) is 0 Å². The normalized spacial score (nSPS) is 20.2. The first-order valence-electron chi connectivity index (χ1n) is 10.2. The van der Waals surface area contributed by atoms with Crippen LogP contribution in [0.2, 0.25) is 5.82 Å². The van der Waals surface area contributed by atoms with Crippen molar-refractivity contribution in [1.82, 2.24) is 15.6 Å². The minimum Gasteiger partial charge on any atom is -0.389 e. The third-order valence-electron chi connectivity index (χ3n) is 6.07. The average Bonchev–Trinajstić information content (AvgIpc) is 3.28. The molecule has 11 heteroatoms. The number of H-pyrrole nitrogens is 1. The van der Waals surface area contributed by atoms with Gasteiger partial charge in [-0.2, -0.15) is 0 Å². The van der Waals surface area contributed by atoms with Gasteiger partial charge in [-0.05, 0) is 47.3 Å². The van der Waals surface area contributed by atoms with Crippen LogP contribution in [0.5, 0.6) is 0 Å². The Labute approximate surface area is 183 Å². The van der Waals surface area contributed by atoms with Gasteiger partial charge < -0.3 is 20.7 Å². The summed E-state index contributed by atoms with van der Waals surface area (Å²) in [6.07, 6.45) is -1.04. The first kappa shape index (κ1) is 22.0. The SMILES string of the molecule is BC(C(=O)N[C@@H]1C(=O)NC[C@H]1O)C(B)c1c(-c2ccc(F)cc2)[nH]c2c(F)cc(F)cc12. The van der Waals surface area contributed by atoms with Gasteiger partial charge >= 0.3 is 0 Å². The van der Waals surface area contributed by atoms with Crippen LogP contribution >= 0.6 is 0 Å². The van der Waals surface area contributed by atoms with Gasteiger partial charge in [-0.1, -0.05) is 0 Å². The Bertz CT molecular complexity index is 1200. The van der Waals surface area contributed by atoms with E-state index in [0.29, 0.717) is 16.8 Å². The molecule has 164 valence electrons. The zero-order valence-electron chi connectivity index (χ0n) is 17.4. The van der Waals surface area contributed by atoms with Gasteiger partial charge in [0.1, 0.15) is 45.3 Å². The number of aliphatic hydroxyl groups is 1. The summed E-state index contributed by atoms with van der Waals surface area (Å²) in [5, 5.41) is 15.2. The van der Waals surface area contributed by atoms with Gasteiger partial charge in [0.05, 0.1) is 5.52 Å². The molecule has 4 N–H and O–H groups in total. The second-order valence-corrected chi connectivity index (χ2v) is 8.11. The molecular formula is C21H20B2F3N3O3. The van der Waals surface area contributed by atoms with Crippen LogP contribution in [0.4, 0.5) is 13.2 Å². The molecule has 2 unspecified atom stereocenters. The third kappa shape index (κ3) is 3.88. The predicted molar refractivity (Wildman–Crippen MR) is 118 cm³/mol. The topological polar surface area (TPSA) is 94.2 Å². The second kappa shape index (κ2) is 8.38. The highest BCUT2D eigenvalue weighted by molar-refractivity contribution is 6.31. The quantitative estimate of drug-likeness (QED) is 0.430. The number of amides is 2. The minimum absolute atomic E-state index is 0.0451. The van der Waals surface area contributed by atoms with Gasteiger partial charge in [-0.15, -0.1) is 0 Å². The van der Waals surface area contributed by atoms with Crippen molar-refractivity contribution < 1.29 is 27.9 Å². The van der Waals surface area contributed by atoms with E-state index in [4.69, 9.17) is 0 Å². The van der Waals surface area contributed by atoms with E-state index < -0.39 is 53.0 Å². The summed E-state index contributed by atoms with van der Waals surface area (Å²) >= 11 is 0. The summed E-state index contributed by atoms with van der Waals surface area (Å²) in [5.41, 5.74) is 1.55. The van der Waals surface area contributed by atoms with E-state index in [9.17, 15) is 27.9 Å². The van der Waals surface area contributed by atoms with E-state index in [1.54, 1.807) is 15.7 Å². The Morgan fingerprint density at radius 2 is 1.81 bits per heavy atom. The van der Waals surface area contributed by atoms with Crippen LogP contribution in [0.15, 0.2) is 36.4 Å². The maximum absolute atomic E-state index is 14.5. The monoisotopic (exact) mass is 441 g/mol. The number of hydrogen-bond acceptors (Lipinski definition) is 3. The smallest absolute Gasteiger partial charge is 0.245 e. The third-order valence-corrected chi connectivity index (χ3v) is 6.07. The highest BCUT2D eigenvalue weighted by Crippen LogP contribution is 2.39. The van der Waals surface area contributed by atoms with Crippen LogP contribution in [-0.2, 0) is 9.59 Å². The number of halogens is 3. The fourth-order valence-corrected chi connectivity index (χ4v) is 4.09. The van der Waals surface area contributed by atoms with Crippen molar-refractivity contribution in [1.29, 1.82) is 0 Å². The number of β-amino-alcohol motifs (C(OH)–C–C–N with tert-alkyl or cyclic N) is 1. The van der Waals surface area contributed by atoms with E-state index in [1.165, 1.54) is 30.3 Å². The van der Waals surface area contributed by atoms with Gasteiger partial charge in [-0.25, -0.2) is 13.2 Å². The van der Waals surface area contributed by atoms with Crippen LogP contribution < -0.4 is 10.6 Å². The highest BCUT2D eigenvalue weighted by Gasteiger charge is 2.36. The Kier molecular flexibility index (Phi) is 5.77. The lowest BCUT2D eigenvalue weighted by molar-refractivity contribution is -0.128. The first-order valence-corrected chi connectivity index (χ1v) is 10.2. The number of nitrogens with one attached hydrogen (secondary N) is 3. The Morgan fingerprint density at radius 1 is 1.12 bits per heavy atom. The maximum atomic E-state index is 14.5. The largest absolute Gasteiger partial charge is 0.389 e. The van der Waals surface area contributed by atoms with Crippen molar-refractivity contribution in [2.45, 2.75) is 23.8 Å². The fraction of sp³-hybridized carbons (Fsp3) is 0.238. The number of hydrogen-bond donors (Lipinski definition) is 4. The van der Waals surface area contributed by atoms with Gasteiger partial charge in [-0.3, -0.25) is 9.59 Å². The number of carbonyl (C=O) groups excluding carboxylic acids is 2. The second-order valence-electron chi connectivity index (χ2n) is 8.11. The number of benzene rings is 2. The molecule has 0 radical (unpaired) electrons. The molecule has 2 aromatic carbocycles. The van der Waals surface area contributed by atoms with Crippen LogP contribution in [0, 0.1) is 17.5 Å². The number of carbonyl (C=O) groups is 2. The molecule has 1 aliphatic rings. The van der Waals surface area contributed by atoms with Crippen molar-refractivity contribution in [2.24, 2.45) is 0 Å². The standard InChI is InChI=1S/C21H20B2F3N3O3/c22-15(16(23)20(31)29-19-13(30)7-27-21(19)32)14-11-5-10(25)6-12(26)18(11)28-17(14)8-1-3-9(24)4-2-8/h1-6,13,15-16,19,28,30H,7,22-23H2,(H,27,32)(H,29,31)/t13-,15?,16?,19+/m1/s1. The van der Waals surface area contributed by atoms with Crippen LogP contribution in [-0.4, -0.2) is 56.3 Å². The summed E-state index contributed by atoms with van der Waals surface area (Å²) in [6, 6.07) is 6.41. The van der Waals surface area contributed by atoms with Crippen molar-refractivity contribution in [3.8, 4) is 11.3 Å². The first-order chi connectivity index (χ1) is 15.2. The zero-order chi connectivity index (χ0) is 23.2. The van der Waals surface area contributed by atoms with Crippen LogP contribution in [0.25, 0.3) is 22.2 Å². The lowest BCUT2D eigenvalue weighted by Crippen LogP contribution is -2.47. The summed E-state index contributed by atoms with van der Waals surface area (Å²) in [7, 11) is 3.36. The fourth-order valence-electron chi connectivity index (χ4n) is 4.09. The molecule has 0 bridgehead atoms. The van der Waals surface area contributed by atoms with Gasteiger partial charge in [0.15, 0.2) is 0 Å². The molecule has 4 rings (SSSR count). The zero-order valence-corrected chi connectivity index (χ0v) is 17.4. The summed E-state index contributed by atoms with van der Waals surface area (Å²) in [5.74, 6) is -4.24. The Hall–Kier alpha value is -3.20. The van der Waals surface area contributed by atoms with Crippen molar-refractivity contribution in [3.05, 3.63) is 59.4 Å². The molecule has 1 fully saturated rings. The molecule has 4 atom stereocenters. The predicted octanol–water partition coefficient (Wildman–Crippen LogP) is 0.324. The maximum Gasteiger partial charge on any atom is 0.245 e. The molecule has 6 nitrogen and oxygen atoms in total. The molecule has 32 heavy (non-hydrogen) atoms. The molecule has 2 heterocycles. The summed E-state index contributed by atoms with van der Waals surface area (Å²) in [6.45, 7) is 0.0451. The van der Waals surface area contributed by atoms with Crippen molar-refractivity contribution >= 4 is 38.4 Å². The molecular weight excluding hydrogens is 421 g/mol. The Morgan fingerprint density at radius 3 is 2.44 bits per heavy atom. The molecule has 0 spiro atoms. The number of aliphatic hydroxyl groups excluding tert-OH is 1. The van der Waals surface area contributed by atoms with Gasteiger partial charge in [0.25, 0.3) is 0 Å². The number of fused-ring (bicyclic) bond motifs is 1. The van der Waals surface area contributed by atoms with E-state index in [-0.39, 0.29) is 17.4 Å². The van der Waals surface area contributed by atoms with E-state index >= 15 is 0 Å². The molecule has 0 saturated carbocycles. The Balaban J connectivity index is 1.76. The van der Waals surface area contributed by atoms with Crippen LogP contribution in [0.3, 0.4) is 0 Å². The highest BCUT2D eigenvalue weighted by atomic mass is 19.1. The van der Waals surface area contributed by atoms with Gasteiger partial charge in [0, 0.05) is 29.5 Å². The molecule has 2 amide bonds. The van der Waals surface area contributed by atoms with E-state index in [2.05, 4.69) is 15.6 Å². The molecule has 3 aromatic rings. The number of aromatic amines is 1. The molecule has 0 aliphatic carbocycles. The molecule has 1 aliphatic heterocycles.